The van der Waals surface area contributed by atoms with Gasteiger partial charge in [0, 0.05) is 0 Å². The van der Waals surface area contributed by atoms with Crippen molar-refractivity contribution in [2.24, 2.45) is 17.8 Å². The van der Waals surface area contributed by atoms with Gasteiger partial charge in [0.1, 0.15) is 22.3 Å². The van der Waals surface area contributed by atoms with Crippen LogP contribution in [0.15, 0.2) is 24.3 Å². The molecule has 0 amide bonds. The highest BCUT2D eigenvalue weighted by Crippen LogP contribution is 2.29. The maximum Gasteiger partial charge on any atom is 0.342 e. The third kappa shape index (κ3) is 7.64. The van der Waals surface area contributed by atoms with Gasteiger partial charge in [-0.3, -0.25) is 0 Å². The number of nitrogens with zero attached hydrogens (tertiary/aromatic N) is 2. The largest absolute Gasteiger partial charge is 0.465 e. The number of rotatable bonds is 10. The zero-order chi connectivity index (χ0) is 35.4. The number of hydrogen-bond donors (Lipinski definition) is 2. The minimum atomic E-state index is -0.693. The summed E-state index contributed by atoms with van der Waals surface area (Å²) >= 11 is 0. The van der Waals surface area contributed by atoms with Gasteiger partial charge in [-0.15, -0.1) is 0 Å². The summed E-state index contributed by atoms with van der Waals surface area (Å²) in [6.07, 6.45) is 6.40. The number of aromatic amines is 2. The minimum Gasteiger partial charge on any atom is -0.465 e. The molecule has 5 heterocycles. The normalized spacial score (nSPS) is 12.1. The third-order valence-corrected chi connectivity index (χ3v) is 7.40. The molecule has 2 aliphatic rings. The molecule has 3 aromatic rings. The van der Waals surface area contributed by atoms with Crippen molar-refractivity contribution >= 4 is 70.2 Å². The van der Waals surface area contributed by atoms with Gasteiger partial charge in [-0.2, -0.15) is 0 Å². The third-order valence-electron chi connectivity index (χ3n) is 7.40. The highest BCUT2D eigenvalue weighted by Gasteiger charge is 2.25. The summed E-state index contributed by atoms with van der Waals surface area (Å²) < 4.78 is 22.0. The molecule has 0 radical (unpaired) electrons. The summed E-state index contributed by atoms with van der Waals surface area (Å²) in [7, 11) is 1.25. The fourth-order valence-electron chi connectivity index (χ4n) is 5.11. The fourth-order valence-corrected chi connectivity index (χ4v) is 5.11. The van der Waals surface area contributed by atoms with E-state index in [0.29, 0.717) is 22.1 Å². The summed E-state index contributed by atoms with van der Waals surface area (Å²) in [6.45, 7) is 12.0. The van der Waals surface area contributed by atoms with E-state index in [-0.39, 0.29) is 82.6 Å². The van der Waals surface area contributed by atoms with E-state index in [1.54, 1.807) is 48.6 Å². The number of aromatic nitrogens is 4. The standard InChI is InChI=1S/C37H40N4O8/c1-19(2)16-47-35(43)31-24-10-8-22(38-24)30(34(42)46-7)23-9-11-25(39-23)32(36(44)48-17-20(3)4)27-13-15-29(41-27)33(28-14-12-26(31)40-28)37(45)49-18-21(5)6/h8-15,19-21,38,41H,16-18H2,1-7H3. The van der Waals surface area contributed by atoms with Gasteiger partial charge in [0.05, 0.1) is 71.8 Å². The lowest BCUT2D eigenvalue weighted by Gasteiger charge is -2.09. The van der Waals surface area contributed by atoms with Crippen molar-refractivity contribution < 1.29 is 38.1 Å². The molecule has 256 valence electrons. The van der Waals surface area contributed by atoms with E-state index in [2.05, 4.69) is 15.0 Å². The lowest BCUT2D eigenvalue weighted by molar-refractivity contribution is 0.0452. The Kier molecular flexibility index (Phi) is 10.5. The molecule has 2 N–H and O–H groups in total. The number of H-pyrrole nitrogens is 2. The molecule has 12 nitrogen and oxygen atoms in total. The molecule has 8 bridgehead atoms. The molecule has 0 spiro atoms. The Balaban J connectivity index is 1.93. The molecule has 0 fully saturated rings. The molecule has 0 unspecified atom stereocenters. The summed E-state index contributed by atoms with van der Waals surface area (Å²) in [5, 5.41) is 0. The van der Waals surface area contributed by atoms with Crippen LogP contribution in [0.5, 0.6) is 0 Å². The number of ether oxygens (including phenoxy) is 4. The van der Waals surface area contributed by atoms with Gasteiger partial charge in [-0.05, 0) is 66.3 Å². The molecule has 0 aromatic carbocycles. The predicted octanol–water partition coefficient (Wildman–Crippen LogP) is 6.88. The van der Waals surface area contributed by atoms with E-state index in [1.807, 2.05) is 41.5 Å². The van der Waals surface area contributed by atoms with E-state index in [9.17, 15) is 19.2 Å². The van der Waals surface area contributed by atoms with Crippen LogP contribution in [0.2, 0.25) is 0 Å². The molecule has 0 saturated heterocycles. The Hall–Kier alpha value is -5.52. The first kappa shape index (κ1) is 34.8. The molecule has 5 rings (SSSR count). The highest BCUT2D eigenvalue weighted by atomic mass is 16.5. The lowest BCUT2D eigenvalue weighted by Crippen LogP contribution is -2.13. The minimum absolute atomic E-state index is 0.0656. The number of fused-ring (bicyclic) bond motifs is 8. The van der Waals surface area contributed by atoms with Gasteiger partial charge in [0.15, 0.2) is 0 Å². The van der Waals surface area contributed by atoms with E-state index in [0.717, 1.165) is 0 Å². The number of nitrogens with one attached hydrogen (secondary N) is 2. The Labute approximate surface area is 283 Å². The summed E-state index contributed by atoms with van der Waals surface area (Å²) in [4.78, 5) is 69.9. The summed E-state index contributed by atoms with van der Waals surface area (Å²) in [5.41, 5.74) is 2.48. The van der Waals surface area contributed by atoms with Gasteiger partial charge >= 0.3 is 23.9 Å². The summed E-state index contributed by atoms with van der Waals surface area (Å²) in [5.74, 6) is -2.43. The van der Waals surface area contributed by atoms with Gasteiger partial charge in [0.25, 0.3) is 0 Å². The first-order chi connectivity index (χ1) is 23.4. The number of hydrogen-bond acceptors (Lipinski definition) is 10. The van der Waals surface area contributed by atoms with Crippen molar-refractivity contribution in [3.05, 3.63) is 69.3 Å². The van der Waals surface area contributed by atoms with E-state index >= 15 is 0 Å². The predicted molar refractivity (Wildman–Crippen MR) is 186 cm³/mol. The topological polar surface area (TPSA) is 163 Å². The van der Waals surface area contributed by atoms with E-state index in [1.165, 1.54) is 7.11 Å². The van der Waals surface area contributed by atoms with Crippen molar-refractivity contribution in [2.45, 2.75) is 41.5 Å². The molecule has 12 heteroatoms. The zero-order valence-electron chi connectivity index (χ0n) is 28.6. The number of methoxy groups -OCH3 is 1. The first-order valence-electron chi connectivity index (χ1n) is 16.1. The highest BCUT2D eigenvalue weighted by molar-refractivity contribution is 6.08. The second-order valence-electron chi connectivity index (χ2n) is 13.0. The first-order valence-corrected chi connectivity index (χ1v) is 16.1. The van der Waals surface area contributed by atoms with Crippen molar-refractivity contribution in [1.29, 1.82) is 0 Å². The number of carbonyl (C=O) groups excluding carboxylic acids is 4. The monoisotopic (exact) mass is 668 g/mol. The fraction of sp³-hybridized carbons (Fsp3) is 0.351. The van der Waals surface area contributed by atoms with Crippen molar-refractivity contribution in [3.63, 3.8) is 0 Å². The molecule has 3 aromatic heterocycles. The van der Waals surface area contributed by atoms with Crippen LogP contribution in [0, 0.1) is 17.8 Å². The van der Waals surface area contributed by atoms with Crippen molar-refractivity contribution in [3.8, 4) is 0 Å². The van der Waals surface area contributed by atoms with Gasteiger partial charge in [-0.25, -0.2) is 29.1 Å². The summed E-state index contributed by atoms with van der Waals surface area (Å²) in [6, 6.07) is 6.51. The van der Waals surface area contributed by atoms with E-state index in [4.69, 9.17) is 23.9 Å². The number of carbonyl (C=O) groups is 4. The smallest absolute Gasteiger partial charge is 0.342 e. The average molecular weight is 669 g/mol. The quantitative estimate of drug-likeness (QED) is 0.118. The van der Waals surface area contributed by atoms with Crippen LogP contribution in [0.3, 0.4) is 0 Å². The second-order valence-corrected chi connectivity index (χ2v) is 13.0. The Morgan fingerprint density at radius 1 is 0.510 bits per heavy atom. The van der Waals surface area contributed by atoms with Crippen molar-refractivity contribution in [2.75, 3.05) is 26.9 Å². The molecule has 2 aliphatic heterocycles. The average Bonchev–Trinajstić information content (AvgIpc) is 3.88. The molecule has 0 aliphatic carbocycles. The van der Waals surface area contributed by atoms with Gasteiger partial charge < -0.3 is 28.9 Å². The van der Waals surface area contributed by atoms with Gasteiger partial charge in [0.2, 0.25) is 0 Å². The van der Waals surface area contributed by atoms with E-state index < -0.39 is 23.9 Å². The Morgan fingerprint density at radius 2 is 0.776 bits per heavy atom. The van der Waals surface area contributed by atoms with Crippen LogP contribution in [0.4, 0.5) is 0 Å². The second kappa shape index (κ2) is 14.7. The van der Waals surface area contributed by atoms with Crippen LogP contribution in [0.1, 0.15) is 106 Å². The van der Waals surface area contributed by atoms with Crippen LogP contribution < -0.4 is 0 Å². The Bertz CT molecular complexity index is 2010. The molecular weight excluding hydrogens is 628 g/mol. The molecule has 49 heavy (non-hydrogen) atoms. The molecule has 0 atom stereocenters. The Morgan fingerprint density at radius 3 is 1.02 bits per heavy atom. The number of esters is 4. The van der Waals surface area contributed by atoms with Crippen LogP contribution >= 0.6 is 0 Å². The van der Waals surface area contributed by atoms with Crippen LogP contribution in [-0.4, -0.2) is 70.7 Å². The van der Waals surface area contributed by atoms with Crippen LogP contribution in [-0.2, 0) is 18.9 Å². The maximum absolute atomic E-state index is 13.7. The maximum atomic E-state index is 13.7. The van der Waals surface area contributed by atoms with Crippen LogP contribution in [0.25, 0.3) is 46.4 Å². The van der Waals surface area contributed by atoms with Crippen molar-refractivity contribution in [1.82, 2.24) is 19.9 Å². The van der Waals surface area contributed by atoms with Gasteiger partial charge in [-0.1, -0.05) is 41.5 Å². The molecular formula is C37H40N4O8. The lowest BCUT2D eigenvalue weighted by atomic mass is 10.2. The molecule has 0 saturated carbocycles. The SMILES string of the molecule is COC(=O)c1c2nc(c(C(=O)OCC(C)C)c3ccc([nH]3)c(C(=O)OCC(C)C)c3nc(c(C(=O)OCC(C)C)c4ccc1[nH]4)C=C3)C=C2. The zero-order valence-corrected chi connectivity index (χ0v) is 28.6.